The Labute approximate surface area is 216 Å². The molecule has 0 radical (unpaired) electrons. The second-order valence-electron chi connectivity index (χ2n) is 9.80. The highest BCUT2D eigenvalue weighted by Gasteiger charge is 2.26. The second-order valence-corrected chi connectivity index (χ2v) is 9.80. The molecule has 4 rings (SSSR count). The van der Waals surface area contributed by atoms with Crippen molar-refractivity contribution in [2.45, 2.75) is 64.2 Å². The number of carbonyl (C=O) groups excluding carboxylic acids is 1. The van der Waals surface area contributed by atoms with Crippen LogP contribution in [0.3, 0.4) is 0 Å². The minimum atomic E-state index is -0.868. The van der Waals surface area contributed by atoms with E-state index in [1.807, 2.05) is 0 Å². The van der Waals surface area contributed by atoms with Gasteiger partial charge in [0, 0.05) is 11.6 Å². The number of ether oxygens (including phenoxy) is 2. The Balaban J connectivity index is 1.42. The Morgan fingerprint density at radius 1 is 0.865 bits per heavy atom. The van der Waals surface area contributed by atoms with Gasteiger partial charge in [0.05, 0.1) is 12.7 Å². The van der Waals surface area contributed by atoms with E-state index in [9.17, 15) is 9.18 Å². The molecule has 1 saturated carbocycles. The van der Waals surface area contributed by atoms with E-state index >= 15 is 8.78 Å². The first-order valence-electron chi connectivity index (χ1n) is 13.0. The zero-order chi connectivity index (χ0) is 26.4. The molecule has 196 valence electrons. The van der Waals surface area contributed by atoms with Crippen molar-refractivity contribution in [3.05, 3.63) is 83.2 Å². The third-order valence-electron chi connectivity index (χ3n) is 7.39. The molecule has 3 aromatic rings. The third-order valence-corrected chi connectivity index (χ3v) is 7.39. The topological polar surface area (TPSA) is 35.5 Å². The van der Waals surface area contributed by atoms with Gasteiger partial charge in [0.25, 0.3) is 0 Å². The number of halogens is 3. The Morgan fingerprint density at radius 3 is 2.22 bits per heavy atom. The Kier molecular flexibility index (Phi) is 8.91. The maximum absolute atomic E-state index is 15.1. The second kappa shape index (κ2) is 12.3. The number of esters is 1. The largest absolute Gasteiger partial charge is 0.497 e. The number of hydrogen-bond acceptors (Lipinski definition) is 3. The van der Waals surface area contributed by atoms with Crippen molar-refractivity contribution in [1.82, 2.24) is 0 Å². The molecule has 0 atom stereocenters. The van der Waals surface area contributed by atoms with Crippen molar-refractivity contribution < 1.29 is 27.4 Å². The fraction of sp³-hybridized carbons (Fsp3) is 0.387. The van der Waals surface area contributed by atoms with Gasteiger partial charge in [0.2, 0.25) is 0 Å². The van der Waals surface area contributed by atoms with Gasteiger partial charge in [-0.2, -0.15) is 0 Å². The highest BCUT2D eigenvalue weighted by Crippen LogP contribution is 2.40. The zero-order valence-electron chi connectivity index (χ0n) is 21.4. The summed E-state index contributed by atoms with van der Waals surface area (Å²) in [5, 5.41) is 0. The Hall–Kier alpha value is -3.28. The van der Waals surface area contributed by atoms with E-state index in [2.05, 4.69) is 6.92 Å². The van der Waals surface area contributed by atoms with Crippen LogP contribution in [0.4, 0.5) is 13.2 Å². The molecule has 0 bridgehead atoms. The Bertz CT molecular complexity index is 1220. The molecule has 3 nitrogen and oxygen atoms in total. The van der Waals surface area contributed by atoms with Crippen LogP contribution in [0.5, 0.6) is 11.5 Å². The van der Waals surface area contributed by atoms with Gasteiger partial charge >= 0.3 is 5.97 Å². The molecule has 0 heterocycles. The summed E-state index contributed by atoms with van der Waals surface area (Å²) in [6, 6.07) is 13.2. The predicted octanol–water partition coefficient (Wildman–Crippen LogP) is 8.85. The first kappa shape index (κ1) is 26.8. The quantitative estimate of drug-likeness (QED) is 0.164. The molecule has 0 amide bonds. The van der Waals surface area contributed by atoms with Crippen LogP contribution in [-0.4, -0.2) is 13.1 Å². The van der Waals surface area contributed by atoms with Crippen LogP contribution in [0.15, 0.2) is 54.6 Å². The normalized spacial score (nSPS) is 17.4. The van der Waals surface area contributed by atoms with E-state index in [0.29, 0.717) is 17.0 Å². The van der Waals surface area contributed by atoms with Gasteiger partial charge in [-0.05, 0) is 72.9 Å². The number of carbonyl (C=O) groups is 1. The molecule has 0 N–H and O–H groups in total. The smallest absolute Gasteiger partial charge is 0.346 e. The van der Waals surface area contributed by atoms with Gasteiger partial charge in [0.1, 0.15) is 17.3 Å². The van der Waals surface area contributed by atoms with Crippen molar-refractivity contribution in [2.24, 2.45) is 5.92 Å². The minimum absolute atomic E-state index is 0.0473. The summed E-state index contributed by atoms with van der Waals surface area (Å²) in [4.78, 5) is 12.3. The molecule has 1 fully saturated rings. The molecule has 0 spiro atoms. The molecule has 1 aliphatic carbocycles. The molecule has 0 aromatic heterocycles. The summed E-state index contributed by atoms with van der Waals surface area (Å²) in [6.45, 7) is 2.20. The standard InChI is InChI=1S/C31H33F3O3/c1-3-4-5-6-20-7-9-21(10-8-20)25-17-18-26(30(34)29(25)33)22-11-13-23(14-12-22)37-31(35)27-16-15-24(36-2)19-28(27)32/h11-21H,3-10H2,1-2H3. The van der Waals surface area contributed by atoms with E-state index in [1.165, 1.54) is 57.1 Å². The maximum Gasteiger partial charge on any atom is 0.346 e. The Morgan fingerprint density at radius 2 is 1.57 bits per heavy atom. The van der Waals surface area contributed by atoms with E-state index in [4.69, 9.17) is 9.47 Å². The zero-order valence-corrected chi connectivity index (χ0v) is 21.4. The lowest BCUT2D eigenvalue weighted by Crippen LogP contribution is -2.15. The van der Waals surface area contributed by atoms with Crippen LogP contribution >= 0.6 is 0 Å². The predicted molar refractivity (Wildman–Crippen MR) is 139 cm³/mol. The van der Waals surface area contributed by atoms with Crippen molar-refractivity contribution in [3.63, 3.8) is 0 Å². The highest BCUT2D eigenvalue weighted by atomic mass is 19.2. The summed E-state index contributed by atoms with van der Waals surface area (Å²) in [5.41, 5.74) is 0.829. The highest BCUT2D eigenvalue weighted by molar-refractivity contribution is 5.91. The van der Waals surface area contributed by atoms with Crippen LogP contribution in [0.25, 0.3) is 11.1 Å². The van der Waals surface area contributed by atoms with Gasteiger partial charge in [-0.3, -0.25) is 0 Å². The molecule has 0 unspecified atom stereocenters. The number of hydrogen-bond donors (Lipinski definition) is 0. The molecule has 1 aliphatic rings. The minimum Gasteiger partial charge on any atom is -0.497 e. The molecular weight excluding hydrogens is 477 g/mol. The van der Waals surface area contributed by atoms with Gasteiger partial charge in [0.15, 0.2) is 11.6 Å². The lowest BCUT2D eigenvalue weighted by molar-refractivity contribution is 0.0730. The molecule has 3 aromatic carbocycles. The van der Waals surface area contributed by atoms with Crippen LogP contribution < -0.4 is 9.47 Å². The van der Waals surface area contributed by atoms with Crippen molar-refractivity contribution in [3.8, 4) is 22.6 Å². The third kappa shape index (κ3) is 6.35. The lowest BCUT2D eigenvalue weighted by atomic mass is 9.76. The average Bonchev–Trinajstić information content (AvgIpc) is 2.91. The number of methoxy groups -OCH3 is 1. The first-order valence-corrected chi connectivity index (χ1v) is 13.0. The number of unbranched alkanes of at least 4 members (excludes halogenated alkanes) is 2. The molecule has 6 heteroatoms. The fourth-order valence-electron chi connectivity index (χ4n) is 5.20. The van der Waals surface area contributed by atoms with E-state index in [0.717, 1.165) is 31.7 Å². The van der Waals surface area contributed by atoms with Crippen LogP contribution in [-0.2, 0) is 0 Å². The van der Waals surface area contributed by atoms with E-state index in [-0.39, 0.29) is 28.5 Å². The summed E-state index contributed by atoms with van der Waals surface area (Å²) in [7, 11) is 1.40. The molecule has 0 saturated heterocycles. The van der Waals surface area contributed by atoms with Crippen LogP contribution in [0.1, 0.15) is 80.1 Å². The van der Waals surface area contributed by atoms with E-state index < -0.39 is 23.4 Å². The number of rotatable bonds is 9. The summed E-state index contributed by atoms with van der Waals surface area (Å²) in [5.74, 6) is -2.08. The van der Waals surface area contributed by atoms with Crippen LogP contribution in [0, 0.1) is 23.4 Å². The average molecular weight is 511 g/mol. The van der Waals surface area contributed by atoms with Gasteiger partial charge < -0.3 is 9.47 Å². The van der Waals surface area contributed by atoms with Crippen molar-refractivity contribution in [1.29, 1.82) is 0 Å². The molecular formula is C31H33F3O3. The molecule has 37 heavy (non-hydrogen) atoms. The SMILES string of the molecule is CCCCCC1CCC(c2ccc(-c3ccc(OC(=O)c4ccc(OC)cc4F)cc3)c(F)c2F)CC1. The van der Waals surface area contributed by atoms with Crippen molar-refractivity contribution in [2.75, 3.05) is 7.11 Å². The summed E-state index contributed by atoms with van der Waals surface area (Å²) in [6.07, 6.45) is 8.87. The number of benzene rings is 3. The fourth-order valence-corrected chi connectivity index (χ4v) is 5.20. The van der Waals surface area contributed by atoms with Gasteiger partial charge in [-0.1, -0.05) is 56.9 Å². The van der Waals surface area contributed by atoms with Crippen molar-refractivity contribution >= 4 is 5.97 Å². The summed E-state index contributed by atoms with van der Waals surface area (Å²) >= 11 is 0. The van der Waals surface area contributed by atoms with Gasteiger partial charge in [-0.15, -0.1) is 0 Å². The van der Waals surface area contributed by atoms with Gasteiger partial charge in [-0.25, -0.2) is 18.0 Å². The monoisotopic (exact) mass is 510 g/mol. The van der Waals surface area contributed by atoms with E-state index in [1.54, 1.807) is 24.3 Å². The summed E-state index contributed by atoms with van der Waals surface area (Å²) < 4.78 is 54.6. The lowest BCUT2D eigenvalue weighted by Gasteiger charge is -2.29. The van der Waals surface area contributed by atoms with Crippen LogP contribution in [0.2, 0.25) is 0 Å². The maximum atomic E-state index is 15.1. The first-order chi connectivity index (χ1) is 17.9. The molecule has 0 aliphatic heterocycles.